The highest BCUT2D eigenvalue weighted by atomic mass is 32.1. The number of nitrogens with one attached hydrogen (secondary N) is 1. The van der Waals surface area contributed by atoms with E-state index >= 15 is 0 Å². The molecule has 1 aliphatic rings. The SMILES string of the molecule is CCC.Cc1csc2c(C(=O)NC3CC=CCC3C/C=C\CCCC(=O)O)cccc12. The number of benzene rings is 1. The smallest absolute Gasteiger partial charge is 0.303 e. The van der Waals surface area contributed by atoms with Crippen molar-refractivity contribution in [2.45, 2.75) is 71.8 Å². The summed E-state index contributed by atoms with van der Waals surface area (Å²) in [7, 11) is 0. The molecular weight excluding hydrogens is 406 g/mol. The van der Waals surface area contributed by atoms with E-state index in [-0.39, 0.29) is 18.4 Å². The van der Waals surface area contributed by atoms with E-state index in [0.717, 1.165) is 41.3 Å². The third-order valence-electron chi connectivity index (χ3n) is 5.29. The Morgan fingerprint density at radius 2 is 1.94 bits per heavy atom. The minimum Gasteiger partial charge on any atom is -0.481 e. The molecule has 0 saturated heterocycles. The van der Waals surface area contributed by atoms with E-state index in [9.17, 15) is 9.59 Å². The number of carboxylic acid groups (broad SMARTS) is 1. The van der Waals surface area contributed by atoms with Gasteiger partial charge in [-0.25, -0.2) is 0 Å². The van der Waals surface area contributed by atoms with Gasteiger partial charge in [0, 0.05) is 17.2 Å². The van der Waals surface area contributed by atoms with Gasteiger partial charge in [0.25, 0.3) is 5.91 Å². The van der Waals surface area contributed by atoms with Gasteiger partial charge in [-0.05, 0) is 67.3 Å². The zero-order chi connectivity index (χ0) is 22.6. The summed E-state index contributed by atoms with van der Waals surface area (Å²) in [4.78, 5) is 23.5. The Morgan fingerprint density at radius 3 is 2.68 bits per heavy atom. The van der Waals surface area contributed by atoms with Crippen LogP contribution in [0.1, 0.15) is 74.7 Å². The molecule has 3 rings (SSSR count). The molecule has 4 nitrogen and oxygen atoms in total. The molecule has 1 amide bonds. The number of aryl methyl sites for hydroxylation is 1. The average molecular weight is 442 g/mol. The third-order valence-corrected chi connectivity index (χ3v) is 6.43. The molecule has 2 atom stereocenters. The van der Waals surface area contributed by atoms with Gasteiger partial charge >= 0.3 is 5.97 Å². The fourth-order valence-electron chi connectivity index (χ4n) is 3.68. The molecule has 1 heterocycles. The van der Waals surface area contributed by atoms with E-state index in [2.05, 4.69) is 61.8 Å². The van der Waals surface area contributed by atoms with E-state index in [1.807, 2.05) is 12.1 Å². The standard InChI is InChI=1S/C23H27NO3S.C3H8/c1-16-15-28-22-18(16)11-8-12-19(22)23(27)24-20-13-7-6-10-17(20)9-4-2-3-5-14-21(25)26;1-3-2/h2,4,6-8,11-12,15,17,20H,3,5,9-10,13-14H2,1H3,(H,24,27)(H,25,26);3H2,1-2H3/b4-2-;. The van der Waals surface area contributed by atoms with E-state index in [1.165, 1.54) is 12.0 Å². The lowest BCUT2D eigenvalue weighted by Crippen LogP contribution is -2.41. The summed E-state index contributed by atoms with van der Waals surface area (Å²) in [6.07, 6.45) is 14.1. The van der Waals surface area contributed by atoms with Gasteiger partial charge in [-0.2, -0.15) is 0 Å². The number of carbonyl (C=O) groups is 2. The molecule has 1 aliphatic carbocycles. The quantitative estimate of drug-likeness (QED) is 0.346. The number of unbranched alkanes of at least 4 members (excludes halogenated alkanes) is 1. The highest BCUT2D eigenvalue weighted by Gasteiger charge is 2.24. The van der Waals surface area contributed by atoms with Crippen molar-refractivity contribution >= 4 is 33.3 Å². The lowest BCUT2D eigenvalue weighted by molar-refractivity contribution is -0.137. The van der Waals surface area contributed by atoms with Crippen LogP contribution in [-0.2, 0) is 4.79 Å². The van der Waals surface area contributed by atoms with Crippen molar-refractivity contribution in [3.05, 3.63) is 59.0 Å². The summed E-state index contributed by atoms with van der Waals surface area (Å²) in [6.45, 7) is 6.32. The molecule has 0 fully saturated rings. The summed E-state index contributed by atoms with van der Waals surface area (Å²) < 4.78 is 1.05. The molecule has 1 aromatic heterocycles. The summed E-state index contributed by atoms with van der Waals surface area (Å²) >= 11 is 1.63. The minimum atomic E-state index is -0.746. The third kappa shape index (κ3) is 7.66. The summed E-state index contributed by atoms with van der Waals surface area (Å²) in [5.41, 5.74) is 1.97. The maximum Gasteiger partial charge on any atom is 0.303 e. The number of carbonyl (C=O) groups excluding carboxylic acids is 1. The second-order valence-corrected chi connectivity index (χ2v) is 8.96. The summed E-state index contributed by atoms with van der Waals surface area (Å²) in [6, 6.07) is 6.05. The molecule has 0 radical (unpaired) electrons. The maximum absolute atomic E-state index is 13.0. The van der Waals surface area contributed by atoms with Gasteiger partial charge in [0.2, 0.25) is 0 Å². The molecule has 2 aromatic rings. The second-order valence-electron chi connectivity index (χ2n) is 8.08. The van der Waals surface area contributed by atoms with E-state index in [0.29, 0.717) is 12.3 Å². The first kappa shape index (κ1) is 24.9. The Hall–Kier alpha value is -2.40. The molecule has 168 valence electrons. The normalized spacial score (nSPS) is 18.0. The van der Waals surface area contributed by atoms with Crippen molar-refractivity contribution in [2.24, 2.45) is 5.92 Å². The van der Waals surface area contributed by atoms with Gasteiger partial charge in [-0.1, -0.05) is 56.7 Å². The van der Waals surface area contributed by atoms with Gasteiger partial charge in [0.05, 0.1) is 5.56 Å². The number of fused-ring (bicyclic) bond motifs is 1. The van der Waals surface area contributed by atoms with E-state index < -0.39 is 5.97 Å². The van der Waals surface area contributed by atoms with Gasteiger partial charge in [-0.15, -0.1) is 11.3 Å². The first-order valence-electron chi connectivity index (χ1n) is 11.3. The zero-order valence-electron chi connectivity index (χ0n) is 18.9. The van der Waals surface area contributed by atoms with Crippen molar-refractivity contribution in [3.63, 3.8) is 0 Å². The Bertz CT molecular complexity index is 913. The molecule has 31 heavy (non-hydrogen) atoms. The Kier molecular flexibility index (Phi) is 10.5. The summed E-state index contributed by atoms with van der Waals surface area (Å²) in [5, 5.41) is 15.2. The number of thiophene rings is 1. The van der Waals surface area contributed by atoms with Crippen molar-refractivity contribution in [1.29, 1.82) is 0 Å². The monoisotopic (exact) mass is 441 g/mol. The Morgan fingerprint density at radius 1 is 1.19 bits per heavy atom. The topological polar surface area (TPSA) is 66.4 Å². The van der Waals surface area contributed by atoms with Crippen LogP contribution in [0.15, 0.2) is 47.9 Å². The summed E-state index contributed by atoms with van der Waals surface area (Å²) in [5.74, 6) is -0.373. The largest absolute Gasteiger partial charge is 0.481 e. The highest BCUT2D eigenvalue weighted by molar-refractivity contribution is 7.17. The van der Waals surface area contributed by atoms with Crippen molar-refractivity contribution in [2.75, 3.05) is 0 Å². The van der Waals surface area contributed by atoms with Crippen LogP contribution in [0.4, 0.5) is 0 Å². The van der Waals surface area contributed by atoms with E-state index in [1.54, 1.807) is 11.3 Å². The van der Waals surface area contributed by atoms with Crippen molar-refractivity contribution in [1.82, 2.24) is 5.32 Å². The van der Waals surface area contributed by atoms with Crippen LogP contribution in [0.5, 0.6) is 0 Å². The van der Waals surface area contributed by atoms with Gasteiger partial charge in [0.15, 0.2) is 0 Å². The number of hydrogen-bond acceptors (Lipinski definition) is 3. The molecule has 2 N–H and O–H groups in total. The number of carboxylic acids is 1. The molecule has 0 aliphatic heterocycles. The molecular formula is C26H35NO3S. The molecule has 0 bridgehead atoms. The molecule has 2 unspecified atom stereocenters. The fraction of sp³-hybridized carbons (Fsp3) is 0.462. The first-order valence-corrected chi connectivity index (χ1v) is 12.1. The lowest BCUT2D eigenvalue weighted by Gasteiger charge is -2.28. The zero-order valence-corrected chi connectivity index (χ0v) is 19.7. The molecule has 5 heteroatoms. The Labute approximate surface area is 190 Å². The van der Waals surface area contributed by atoms with Crippen LogP contribution in [0.25, 0.3) is 10.1 Å². The highest BCUT2D eigenvalue weighted by Crippen LogP contribution is 2.29. The van der Waals surface area contributed by atoms with Crippen LogP contribution in [0, 0.1) is 12.8 Å². The van der Waals surface area contributed by atoms with E-state index in [4.69, 9.17) is 5.11 Å². The van der Waals surface area contributed by atoms with Crippen LogP contribution < -0.4 is 5.32 Å². The first-order chi connectivity index (χ1) is 15.0. The van der Waals surface area contributed by atoms with Gasteiger partial charge < -0.3 is 10.4 Å². The minimum absolute atomic E-state index is 0.00295. The number of hydrogen-bond donors (Lipinski definition) is 2. The number of amides is 1. The predicted molar refractivity (Wildman–Crippen MR) is 131 cm³/mol. The molecule has 0 saturated carbocycles. The van der Waals surface area contributed by atoms with Crippen LogP contribution in [0.3, 0.4) is 0 Å². The predicted octanol–water partition coefficient (Wildman–Crippen LogP) is 6.89. The van der Waals surface area contributed by atoms with Crippen molar-refractivity contribution < 1.29 is 14.7 Å². The Balaban J connectivity index is 0.00000107. The average Bonchev–Trinajstić information content (AvgIpc) is 3.13. The fourth-order valence-corrected chi connectivity index (χ4v) is 4.74. The van der Waals surface area contributed by atoms with Crippen LogP contribution in [0.2, 0.25) is 0 Å². The maximum atomic E-state index is 13.0. The van der Waals surface area contributed by atoms with Gasteiger partial charge in [0.1, 0.15) is 0 Å². The number of rotatable bonds is 8. The number of aliphatic carboxylic acids is 1. The van der Waals surface area contributed by atoms with Crippen molar-refractivity contribution in [3.8, 4) is 0 Å². The lowest BCUT2D eigenvalue weighted by atomic mass is 9.86. The van der Waals surface area contributed by atoms with Crippen LogP contribution in [-0.4, -0.2) is 23.0 Å². The molecule has 1 aromatic carbocycles. The number of allylic oxidation sites excluding steroid dienone is 3. The van der Waals surface area contributed by atoms with Crippen LogP contribution >= 0.6 is 11.3 Å². The second kappa shape index (κ2) is 13.1. The molecule has 0 spiro atoms. The van der Waals surface area contributed by atoms with Gasteiger partial charge in [-0.3, -0.25) is 9.59 Å².